The van der Waals surface area contributed by atoms with Crippen molar-refractivity contribution in [3.63, 3.8) is 0 Å². The van der Waals surface area contributed by atoms with Crippen molar-refractivity contribution >= 4 is 33.4 Å². The van der Waals surface area contributed by atoms with E-state index in [1.807, 2.05) is 0 Å². The van der Waals surface area contributed by atoms with Gasteiger partial charge in [-0.1, -0.05) is 6.07 Å². The number of rotatable bonds is 5. The molecule has 0 fully saturated rings. The van der Waals surface area contributed by atoms with Crippen LogP contribution < -0.4 is 10.5 Å². The molecule has 2 atom stereocenters. The van der Waals surface area contributed by atoms with Gasteiger partial charge in [0.05, 0.1) is 4.90 Å². The Morgan fingerprint density at radius 2 is 1.55 bits per heavy atom. The predicted molar refractivity (Wildman–Crippen MR) is 112 cm³/mol. The lowest BCUT2D eigenvalue weighted by Crippen LogP contribution is -2.03. The molecular formula is C20H21N5O2S2. The fraction of sp³-hybridized carbons (Fsp3) is 0.300. The summed E-state index contributed by atoms with van der Waals surface area (Å²) in [5.74, 6) is 0.433. The van der Waals surface area contributed by atoms with Crippen LogP contribution in [-0.2, 0) is 47.5 Å². The lowest BCUT2D eigenvalue weighted by molar-refractivity contribution is 0.675. The van der Waals surface area contributed by atoms with Crippen molar-refractivity contribution in [2.75, 3.05) is 5.32 Å². The lowest BCUT2D eigenvalue weighted by atomic mass is 9.99. The van der Waals surface area contributed by atoms with Crippen LogP contribution in [0.25, 0.3) is 0 Å². The van der Waals surface area contributed by atoms with Crippen LogP contribution in [0.2, 0.25) is 0 Å². The van der Waals surface area contributed by atoms with E-state index in [1.54, 1.807) is 24.3 Å². The number of hydrogen-bond acceptors (Lipinski definition) is 5. The van der Waals surface area contributed by atoms with Crippen molar-refractivity contribution in [1.82, 2.24) is 15.2 Å². The van der Waals surface area contributed by atoms with Crippen LogP contribution in [0.5, 0.6) is 0 Å². The maximum absolute atomic E-state index is 12.8. The molecule has 0 saturated heterocycles. The molecule has 2 aliphatic rings. The summed E-state index contributed by atoms with van der Waals surface area (Å²) in [5, 5.41) is 16.1. The van der Waals surface area contributed by atoms with Gasteiger partial charge in [0, 0.05) is 10.6 Å². The molecule has 3 aromatic rings. The molecule has 0 bridgehead atoms. The molecule has 1 heterocycles. The Morgan fingerprint density at radius 3 is 2.17 bits per heavy atom. The number of aromatic amines is 1. The van der Waals surface area contributed by atoms with Crippen molar-refractivity contribution in [1.29, 1.82) is 0 Å². The van der Waals surface area contributed by atoms with E-state index < -0.39 is 21.8 Å². The minimum absolute atomic E-state index is 0.276. The van der Waals surface area contributed by atoms with Crippen molar-refractivity contribution in [3.8, 4) is 0 Å². The molecule has 150 valence electrons. The summed E-state index contributed by atoms with van der Waals surface area (Å²) < 4.78 is 24.1. The zero-order chi connectivity index (χ0) is 20.0. The second kappa shape index (κ2) is 7.47. The average Bonchev–Trinajstić information content (AvgIpc) is 3.47. The largest absolute Gasteiger partial charge is 0.322 e. The molecule has 4 N–H and O–H groups in total. The predicted octanol–water partition coefficient (Wildman–Crippen LogP) is 2.67. The van der Waals surface area contributed by atoms with Crippen molar-refractivity contribution < 1.29 is 8.42 Å². The number of fused-ring (bicyclic) bond motifs is 2. The Labute approximate surface area is 173 Å². The summed E-state index contributed by atoms with van der Waals surface area (Å²) in [4.78, 5) is 5.46. The van der Waals surface area contributed by atoms with E-state index in [9.17, 15) is 8.42 Å². The molecule has 1 aromatic heterocycles. The fourth-order valence-electron chi connectivity index (χ4n) is 4.27. The molecule has 0 spiro atoms. The third-order valence-electron chi connectivity index (χ3n) is 5.62. The summed E-state index contributed by atoms with van der Waals surface area (Å²) in [7, 11) is -3.07. The minimum atomic E-state index is -1.56. The van der Waals surface area contributed by atoms with Crippen LogP contribution in [0.1, 0.15) is 35.1 Å². The van der Waals surface area contributed by atoms with Gasteiger partial charge < -0.3 is 5.32 Å². The van der Waals surface area contributed by atoms with Gasteiger partial charge in [-0.15, -0.1) is 5.10 Å². The summed E-state index contributed by atoms with van der Waals surface area (Å²) in [5.41, 5.74) is 6.78. The average molecular weight is 428 g/mol. The molecule has 29 heavy (non-hydrogen) atoms. The zero-order valence-corrected chi connectivity index (χ0v) is 17.4. The van der Waals surface area contributed by atoms with Crippen LogP contribution in [-0.4, -0.2) is 23.6 Å². The monoisotopic (exact) mass is 427 g/mol. The normalized spacial score (nSPS) is 17.0. The van der Waals surface area contributed by atoms with E-state index in [2.05, 4.69) is 26.6 Å². The highest BCUT2D eigenvalue weighted by molar-refractivity contribution is 7.85. The molecular weight excluding hydrogens is 406 g/mol. The van der Waals surface area contributed by atoms with E-state index in [-0.39, 0.29) is 5.16 Å². The molecule has 0 radical (unpaired) electrons. The molecule has 2 unspecified atom stereocenters. The first-order chi connectivity index (χ1) is 14.1. The van der Waals surface area contributed by atoms with Crippen molar-refractivity contribution in [3.05, 3.63) is 52.6 Å². The number of aromatic nitrogens is 3. The zero-order valence-electron chi connectivity index (χ0n) is 15.7. The number of nitrogens with one attached hydrogen (secondary N) is 2. The molecule has 2 aliphatic carbocycles. The summed E-state index contributed by atoms with van der Waals surface area (Å²) >= 11 is 0. The maximum atomic E-state index is 12.8. The second-order valence-corrected chi connectivity index (χ2v) is 9.82. The number of benzene rings is 2. The first-order valence-electron chi connectivity index (χ1n) is 9.64. The SMILES string of the molecule is NS(=O)c1ccc(S(=O)c2nc(Nc3c4c(cc5c3CCC5)CCC4)n[nH]2)cc1. The molecule has 0 saturated carbocycles. The first-order valence-corrected chi connectivity index (χ1v) is 12.0. The van der Waals surface area contributed by atoms with E-state index in [4.69, 9.17) is 5.14 Å². The number of aryl methyl sites for hydroxylation is 2. The smallest absolute Gasteiger partial charge is 0.247 e. The number of hydrogen-bond donors (Lipinski definition) is 3. The van der Waals surface area contributed by atoms with E-state index in [0.717, 1.165) is 31.4 Å². The molecule has 2 aromatic carbocycles. The van der Waals surface area contributed by atoms with Gasteiger partial charge in [-0.25, -0.2) is 18.7 Å². The van der Waals surface area contributed by atoms with E-state index >= 15 is 0 Å². The Kier molecular flexibility index (Phi) is 4.81. The van der Waals surface area contributed by atoms with Gasteiger partial charge >= 0.3 is 0 Å². The second-order valence-electron chi connectivity index (χ2n) is 7.36. The number of nitrogens with zero attached hydrogens (tertiary/aromatic N) is 2. The first kappa shape index (κ1) is 18.7. The Balaban J connectivity index is 1.42. The molecule has 7 nitrogen and oxygen atoms in total. The topological polar surface area (TPSA) is 114 Å². The van der Waals surface area contributed by atoms with Gasteiger partial charge in [0.15, 0.2) is 0 Å². The third kappa shape index (κ3) is 3.43. The van der Waals surface area contributed by atoms with Crippen LogP contribution in [0.3, 0.4) is 0 Å². The summed E-state index contributed by atoms with van der Waals surface area (Å²) in [6.45, 7) is 0. The highest BCUT2D eigenvalue weighted by atomic mass is 32.2. The number of nitrogens with two attached hydrogens (primary N) is 1. The van der Waals surface area contributed by atoms with Gasteiger partial charge in [0.2, 0.25) is 11.1 Å². The summed E-state index contributed by atoms with van der Waals surface area (Å²) in [6.07, 6.45) is 6.76. The van der Waals surface area contributed by atoms with Crippen LogP contribution in [0.4, 0.5) is 11.6 Å². The molecule has 9 heteroatoms. The Hall–Kier alpha value is -2.36. The Morgan fingerprint density at radius 1 is 0.931 bits per heavy atom. The fourth-order valence-corrected chi connectivity index (χ4v) is 5.58. The van der Waals surface area contributed by atoms with Gasteiger partial charge in [0.25, 0.3) is 0 Å². The molecule has 5 rings (SSSR count). The van der Waals surface area contributed by atoms with E-state index in [0.29, 0.717) is 15.7 Å². The standard InChI is InChI=1S/C20H21N5O2S2/c21-29(27)15-9-7-14(8-10-15)28(26)20-23-19(24-25-20)22-18-16-5-1-3-12(16)11-13-4-2-6-17(13)18/h7-11H,1-6,21H2,(H2,22,23,24,25). The molecule has 0 amide bonds. The lowest BCUT2D eigenvalue weighted by Gasteiger charge is -2.15. The Bertz CT molecular complexity index is 1110. The quantitative estimate of drug-likeness (QED) is 0.579. The maximum Gasteiger partial charge on any atom is 0.247 e. The number of anilines is 2. The highest BCUT2D eigenvalue weighted by Crippen LogP contribution is 2.39. The van der Waals surface area contributed by atoms with Crippen molar-refractivity contribution in [2.24, 2.45) is 5.14 Å². The van der Waals surface area contributed by atoms with Crippen LogP contribution in [0.15, 0.2) is 45.3 Å². The highest BCUT2D eigenvalue weighted by Gasteiger charge is 2.25. The summed E-state index contributed by atoms with van der Waals surface area (Å²) in [6, 6.07) is 8.88. The minimum Gasteiger partial charge on any atom is -0.322 e. The third-order valence-corrected chi connectivity index (χ3v) is 7.59. The van der Waals surface area contributed by atoms with E-state index in [1.165, 1.54) is 35.1 Å². The van der Waals surface area contributed by atoms with Gasteiger partial charge in [-0.3, -0.25) is 0 Å². The van der Waals surface area contributed by atoms with Crippen LogP contribution in [0, 0.1) is 0 Å². The number of H-pyrrole nitrogens is 1. The van der Waals surface area contributed by atoms with Gasteiger partial charge in [-0.2, -0.15) is 4.98 Å². The van der Waals surface area contributed by atoms with Gasteiger partial charge in [0.1, 0.15) is 21.8 Å². The van der Waals surface area contributed by atoms with Crippen molar-refractivity contribution in [2.45, 2.75) is 53.5 Å². The molecule has 0 aliphatic heterocycles. The van der Waals surface area contributed by atoms with Gasteiger partial charge in [-0.05, 0) is 85.0 Å². The van der Waals surface area contributed by atoms with Crippen LogP contribution >= 0.6 is 0 Å².